The fraction of sp³-hybridized carbons (Fsp3) is 0. The maximum absolute atomic E-state index is 10.7. The van der Waals surface area contributed by atoms with Crippen LogP contribution in [0.4, 0.5) is 0 Å². The molecule has 0 atom stereocenters. The molecule has 0 aliphatic rings. The van der Waals surface area contributed by atoms with Crippen LogP contribution in [0.5, 0.6) is 0 Å². The highest BCUT2D eigenvalue weighted by Crippen LogP contribution is 2.44. The van der Waals surface area contributed by atoms with Crippen molar-refractivity contribution in [3.05, 3.63) is 181 Å². The second-order valence-electron chi connectivity index (χ2n) is 13.9. The van der Waals surface area contributed by atoms with Crippen LogP contribution in [0.1, 0.15) is 11.1 Å². The molecular weight excluding hydrogens is 673 g/mol. The molecule has 0 spiro atoms. The normalized spacial score (nSPS) is 11.6. The Bertz CT molecular complexity index is 3420. The molecule has 0 saturated heterocycles. The van der Waals surface area contributed by atoms with Gasteiger partial charge in [-0.25, -0.2) is 0 Å². The number of fused-ring (bicyclic) bond motifs is 10. The lowest BCUT2D eigenvalue weighted by atomic mass is 9.93. The Hall–Kier alpha value is -7.86. The molecule has 0 unspecified atom stereocenters. The van der Waals surface area contributed by atoms with E-state index in [1.54, 1.807) is 6.07 Å². The van der Waals surface area contributed by atoms with Crippen LogP contribution >= 0.6 is 0 Å². The number of nitriles is 2. The number of nitrogens with zero attached hydrogens (tertiary/aromatic N) is 4. The van der Waals surface area contributed by atoms with Crippen LogP contribution in [-0.4, -0.2) is 9.13 Å². The number of hydrogen-bond acceptors (Lipinski definition) is 3. The highest BCUT2D eigenvalue weighted by molar-refractivity contribution is 6.24. The number of furan rings is 1. The zero-order chi connectivity index (χ0) is 36.6. The van der Waals surface area contributed by atoms with E-state index in [9.17, 15) is 10.5 Å². The Morgan fingerprint density at radius 2 is 1.09 bits per heavy atom. The summed E-state index contributed by atoms with van der Waals surface area (Å²) in [5.74, 6) is 0. The van der Waals surface area contributed by atoms with Crippen molar-refractivity contribution in [2.45, 2.75) is 0 Å². The van der Waals surface area contributed by atoms with Crippen LogP contribution in [0.2, 0.25) is 0 Å². The van der Waals surface area contributed by atoms with Gasteiger partial charge >= 0.3 is 0 Å². The third-order valence-corrected chi connectivity index (χ3v) is 11.0. The lowest BCUT2D eigenvalue weighted by Gasteiger charge is -2.18. The van der Waals surface area contributed by atoms with E-state index in [0.29, 0.717) is 11.1 Å². The van der Waals surface area contributed by atoms with E-state index in [4.69, 9.17) is 4.42 Å². The minimum atomic E-state index is 0.547. The Morgan fingerprint density at radius 1 is 0.436 bits per heavy atom. The Morgan fingerprint density at radius 3 is 1.84 bits per heavy atom. The summed E-state index contributed by atoms with van der Waals surface area (Å²) in [6.07, 6.45) is 0. The fourth-order valence-corrected chi connectivity index (χ4v) is 8.59. The van der Waals surface area contributed by atoms with Gasteiger partial charge in [-0.1, -0.05) is 103 Å². The Kier molecular flexibility index (Phi) is 6.61. The third-order valence-electron chi connectivity index (χ3n) is 11.0. The molecule has 254 valence electrons. The van der Waals surface area contributed by atoms with Gasteiger partial charge in [-0.2, -0.15) is 10.5 Å². The standard InChI is InChI=1S/C50H28N4O/c51-29-31-10-9-11-32(26-31)33-20-22-36(34(27-33)30-52)39-23-21-35(53-43-16-5-1-12-37(43)38-13-2-6-17-44(38)53)28-47(39)54-45-18-7-3-15-42(45)49-46(54)25-24-41-40-14-4-8-19-48(40)55-50(41)49/h1-28H. The molecule has 0 N–H and O–H groups in total. The van der Waals surface area contributed by atoms with Crippen LogP contribution in [0, 0.1) is 22.7 Å². The van der Waals surface area contributed by atoms with Crippen LogP contribution in [0.3, 0.4) is 0 Å². The van der Waals surface area contributed by atoms with Gasteiger partial charge in [0.2, 0.25) is 0 Å². The van der Waals surface area contributed by atoms with Gasteiger partial charge in [0.15, 0.2) is 0 Å². The van der Waals surface area contributed by atoms with E-state index in [2.05, 4.69) is 137 Å². The summed E-state index contributed by atoms with van der Waals surface area (Å²) in [5, 5.41) is 27.0. The van der Waals surface area contributed by atoms with Crippen molar-refractivity contribution in [2.24, 2.45) is 0 Å². The van der Waals surface area contributed by atoms with Crippen molar-refractivity contribution >= 4 is 65.6 Å². The second-order valence-corrected chi connectivity index (χ2v) is 13.9. The lowest BCUT2D eigenvalue weighted by Crippen LogP contribution is -2.02. The number of para-hydroxylation sites is 4. The van der Waals surface area contributed by atoms with Crippen LogP contribution in [0.15, 0.2) is 174 Å². The first kappa shape index (κ1) is 30.7. The molecular formula is C50H28N4O. The van der Waals surface area contributed by atoms with Crippen LogP contribution < -0.4 is 0 Å². The van der Waals surface area contributed by atoms with E-state index in [-0.39, 0.29) is 0 Å². The minimum absolute atomic E-state index is 0.547. The Balaban J connectivity index is 1.24. The first-order chi connectivity index (χ1) is 27.2. The van der Waals surface area contributed by atoms with Gasteiger partial charge in [-0.3, -0.25) is 0 Å². The molecule has 11 aromatic rings. The van der Waals surface area contributed by atoms with E-state index in [1.165, 1.54) is 10.8 Å². The summed E-state index contributed by atoms with van der Waals surface area (Å²) >= 11 is 0. The van der Waals surface area contributed by atoms with Crippen LogP contribution in [0.25, 0.3) is 99.2 Å². The van der Waals surface area contributed by atoms with Gasteiger partial charge in [0, 0.05) is 43.7 Å². The third kappa shape index (κ3) is 4.51. The predicted molar refractivity (Wildman–Crippen MR) is 223 cm³/mol. The number of benzene rings is 8. The molecule has 0 bridgehead atoms. The zero-order valence-corrected chi connectivity index (χ0v) is 29.4. The molecule has 55 heavy (non-hydrogen) atoms. The molecule has 5 heteroatoms. The monoisotopic (exact) mass is 700 g/mol. The Labute approximate surface area is 315 Å². The van der Waals surface area contributed by atoms with Gasteiger partial charge in [0.1, 0.15) is 11.2 Å². The van der Waals surface area contributed by atoms with E-state index in [0.717, 1.165) is 88.4 Å². The van der Waals surface area contributed by atoms with Gasteiger partial charge in [-0.05, 0) is 77.9 Å². The van der Waals surface area contributed by atoms with Gasteiger partial charge in [-0.15, -0.1) is 0 Å². The molecule has 11 rings (SSSR count). The lowest BCUT2D eigenvalue weighted by molar-refractivity contribution is 0.673. The van der Waals surface area contributed by atoms with Crippen LogP contribution in [-0.2, 0) is 0 Å². The zero-order valence-electron chi connectivity index (χ0n) is 29.4. The van der Waals surface area contributed by atoms with Crippen molar-refractivity contribution in [3.8, 4) is 45.8 Å². The molecule has 5 nitrogen and oxygen atoms in total. The highest BCUT2D eigenvalue weighted by Gasteiger charge is 2.23. The van der Waals surface area contributed by atoms with E-state index >= 15 is 0 Å². The van der Waals surface area contributed by atoms with E-state index < -0.39 is 0 Å². The molecule has 8 aromatic carbocycles. The van der Waals surface area contributed by atoms with Gasteiger partial charge in [0.25, 0.3) is 0 Å². The molecule has 3 heterocycles. The summed E-state index contributed by atoms with van der Waals surface area (Å²) in [6.45, 7) is 0. The smallest absolute Gasteiger partial charge is 0.145 e. The second kappa shape index (κ2) is 11.8. The highest BCUT2D eigenvalue weighted by atomic mass is 16.3. The molecule has 0 aliphatic heterocycles. The molecule has 3 aromatic heterocycles. The van der Waals surface area contributed by atoms with Crippen molar-refractivity contribution in [1.29, 1.82) is 10.5 Å². The topological polar surface area (TPSA) is 70.6 Å². The SMILES string of the molecule is N#Cc1cccc(-c2ccc(-c3ccc(-n4c5ccccc5c5ccccc54)cc3-n3c4ccccc4c4c5oc6ccccc6c5ccc43)c(C#N)c2)c1. The van der Waals surface area contributed by atoms with Gasteiger partial charge in [0.05, 0.1) is 56.4 Å². The van der Waals surface area contributed by atoms with Crippen molar-refractivity contribution in [1.82, 2.24) is 9.13 Å². The summed E-state index contributed by atoms with van der Waals surface area (Å²) in [6, 6.07) is 63.0. The maximum Gasteiger partial charge on any atom is 0.145 e. The van der Waals surface area contributed by atoms with Gasteiger partial charge < -0.3 is 13.6 Å². The largest absolute Gasteiger partial charge is 0.455 e. The summed E-state index contributed by atoms with van der Waals surface area (Å²) in [5.41, 5.74) is 12.6. The van der Waals surface area contributed by atoms with Crippen molar-refractivity contribution in [2.75, 3.05) is 0 Å². The summed E-state index contributed by atoms with van der Waals surface area (Å²) < 4.78 is 11.3. The fourth-order valence-electron chi connectivity index (χ4n) is 8.59. The molecule has 0 amide bonds. The summed E-state index contributed by atoms with van der Waals surface area (Å²) in [4.78, 5) is 0. The summed E-state index contributed by atoms with van der Waals surface area (Å²) in [7, 11) is 0. The molecule has 0 radical (unpaired) electrons. The quantitative estimate of drug-likeness (QED) is 0.183. The van der Waals surface area contributed by atoms with Crippen molar-refractivity contribution in [3.63, 3.8) is 0 Å². The number of rotatable bonds is 4. The molecule has 0 fully saturated rings. The maximum atomic E-state index is 10.7. The number of aromatic nitrogens is 2. The van der Waals surface area contributed by atoms with E-state index in [1.807, 2.05) is 48.5 Å². The minimum Gasteiger partial charge on any atom is -0.455 e. The molecule has 0 saturated carbocycles. The predicted octanol–water partition coefficient (Wildman–Crippen LogP) is 12.9. The first-order valence-corrected chi connectivity index (χ1v) is 18.2. The average Bonchev–Trinajstić information content (AvgIpc) is 3.91. The average molecular weight is 701 g/mol. The molecule has 0 aliphatic carbocycles. The number of hydrogen-bond donors (Lipinski definition) is 0. The first-order valence-electron chi connectivity index (χ1n) is 18.2. The van der Waals surface area contributed by atoms with Crippen molar-refractivity contribution < 1.29 is 4.42 Å².